The quantitative estimate of drug-likeness (QED) is 0.694. The molecule has 0 aromatic carbocycles. The highest BCUT2D eigenvalue weighted by atomic mass is 28.4. The minimum absolute atomic E-state index is 0.0336. The van der Waals surface area contributed by atoms with Crippen molar-refractivity contribution in [2.24, 2.45) is 5.92 Å². The van der Waals surface area contributed by atoms with Gasteiger partial charge < -0.3 is 14.6 Å². The Morgan fingerprint density at radius 1 is 1.04 bits per heavy atom. The molecule has 23 heavy (non-hydrogen) atoms. The minimum atomic E-state index is -1.95. The van der Waals surface area contributed by atoms with Gasteiger partial charge in [-0.2, -0.15) is 5.06 Å². The van der Waals surface area contributed by atoms with Crippen molar-refractivity contribution < 1.29 is 19.5 Å². The van der Waals surface area contributed by atoms with Crippen LogP contribution in [0.2, 0.25) is 16.6 Å². The number of hydroxylamine groups is 2. The lowest BCUT2D eigenvalue weighted by atomic mass is 9.93. The molecule has 136 valence electrons. The summed E-state index contributed by atoms with van der Waals surface area (Å²) in [6.07, 6.45) is 0.743. The molecule has 4 atom stereocenters. The zero-order valence-corrected chi connectivity index (χ0v) is 16.5. The van der Waals surface area contributed by atoms with E-state index in [-0.39, 0.29) is 37.4 Å². The monoisotopic (exact) mass is 345 g/mol. The van der Waals surface area contributed by atoms with Crippen LogP contribution in [0.15, 0.2) is 0 Å². The molecule has 5 nitrogen and oxygen atoms in total. The van der Waals surface area contributed by atoms with E-state index in [0.717, 1.165) is 13.0 Å². The first-order chi connectivity index (χ1) is 10.8. The Morgan fingerprint density at radius 3 is 2.04 bits per heavy atom. The normalized spacial score (nSPS) is 32.5. The predicted octanol–water partition coefficient (Wildman–Crippen LogP) is 2.54. The Morgan fingerprint density at radius 2 is 1.61 bits per heavy atom. The van der Waals surface area contributed by atoms with E-state index in [9.17, 15) is 10.2 Å². The van der Waals surface area contributed by atoms with Crippen molar-refractivity contribution in [3.05, 3.63) is 0 Å². The molecule has 0 aliphatic carbocycles. The Labute approximate surface area is 142 Å². The van der Waals surface area contributed by atoms with Gasteiger partial charge in [0.25, 0.3) is 0 Å². The average molecular weight is 346 g/mol. The molecule has 0 spiro atoms. The highest BCUT2D eigenvalue weighted by Gasteiger charge is 2.54. The molecular weight excluding hydrogens is 310 g/mol. The van der Waals surface area contributed by atoms with Crippen LogP contribution in [0, 0.1) is 5.92 Å². The van der Waals surface area contributed by atoms with E-state index in [1.54, 1.807) is 0 Å². The molecule has 0 unspecified atom stereocenters. The standard InChI is InChI=1S/C17H35NO4Si/c1-11(2)23(12(3)4,13(5)6)22-15-7-8-18-17(15)14(9-19)16(10-20)21-18/h11-17,19-20H,7-10H2,1-6H3/t14-,15-,16-,17+/m0/s1. The van der Waals surface area contributed by atoms with Gasteiger partial charge in [0.05, 0.1) is 25.4 Å². The highest BCUT2D eigenvalue weighted by Crippen LogP contribution is 2.46. The number of rotatable bonds is 7. The van der Waals surface area contributed by atoms with Crippen LogP contribution in [0.25, 0.3) is 0 Å². The van der Waals surface area contributed by atoms with Gasteiger partial charge in [-0.3, -0.25) is 4.84 Å². The number of hydrogen-bond donors (Lipinski definition) is 2. The Kier molecular flexibility index (Phi) is 6.30. The maximum atomic E-state index is 9.80. The molecule has 0 saturated carbocycles. The number of nitrogens with zero attached hydrogens (tertiary/aromatic N) is 1. The molecule has 0 amide bonds. The molecule has 6 heteroatoms. The number of aliphatic hydroxyl groups is 2. The molecule has 0 radical (unpaired) electrons. The van der Waals surface area contributed by atoms with Crippen molar-refractivity contribution in [3.63, 3.8) is 0 Å². The summed E-state index contributed by atoms with van der Waals surface area (Å²) in [5.41, 5.74) is 1.63. The van der Waals surface area contributed by atoms with Crippen molar-refractivity contribution in [2.45, 2.75) is 82.8 Å². The maximum absolute atomic E-state index is 9.80. The lowest BCUT2D eigenvalue weighted by Crippen LogP contribution is -2.53. The van der Waals surface area contributed by atoms with Crippen molar-refractivity contribution in [1.82, 2.24) is 5.06 Å². The van der Waals surface area contributed by atoms with Gasteiger partial charge in [0.15, 0.2) is 0 Å². The third kappa shape index (κ3) is 3.26. The molecular formula is C17H35NO4Si. The second-order valence-corrected chi connectivity index (χ2v) is 13.5. The molecule has 0 bridgehead atoms. The average Bonchev–Trinajstić information content (AvgIpc) is 3.01. The van der Waals surface area contributed by atoms with Gasteiger partial charge in [0, 0.05) is 12.5 Å². The SMILES string of the molecule is CC(C)[Si](O[C@H]1CCN2O[C@@H](CO)[C@H](CO)[C@H]12)(C(C)C)C(C)C. The second-order valence-electron chi connectivity index (χ2n) is 8.07. The summed E-state index contributed by atoms with van der Waals surface area (Å²) in [6.45, 7) is 14.6. The largest absolute Gasteiger partial charge is 0.411 e. The topological polar surface area (TPSA) is 62.2 Å². The van der Waals surface area contributed by atoms with Gasteiger partial charge in [-0.1, -0.05) is 41.5 Å². The summed E-state index contributed by atoms with van der Waals surface area (Å²) < 4.78 is 6.95. The number of hydrogen-bond acceptors (Lipinski definition) is 5. The first kappa shape index (κ1) is 19.3. The first-order valence-corrected chi connectivity index (χ1v) is 11.3. The molecule has 2 aliphatic rings. The van der Waals surface area contributed by atoms with Gasteiger partial charge >= 0.3 is 0 Å². The van der Waals surface area contributed by atoms with Gasteiger partial charge in [0.2, 0.25) is 8.32 Å². The Bertz CT molecular complexity index is 369. The predicted molar refractivity (Wildman–Crippen MR) is 93.6 cm³/mol. The Balaban J connectivity index is 2.24. The molecule has 2 heterocycles. The summed E-state index contributed by atoms with van der Waals surface area (Å²) in [4.78, 5) is 5.82. The van der Waals surface area contributed by atoms with Crippen molar-refractivity contribution >= 4 is 8.32 Å². The van der Waals surface area contributed by atoms with E-state index in [0.29, 0.717) is 16.6 Å². The number of fused-ring (bicyclic) bond motifs is 1. The molecule has 2 aliphatic heterocycles. The van der Waals surface area contributed by atoms with Crippen LogP contribution in [0.1, 0.15) is 48.0 Å². The van der Waals surface area contributed by atoms with Crippen LogP contribution < -0.4 is 0 Å². The minimum Gasteiger partial charge on any atom is -0.411 e. The van der Waals surface area contributed by atoms with Crippen LogP contribution >= 0.6 is 0 Å². The van der Waals surface area contributed by atoms with E-state index < -0.39 is 8.32 Å². The lowest BCUT2D eigenvalue weighted by Gasteiger charge is -2.45. The summed E-state index contributed by atoms with van der Waals surface area (Å²) in [5, 5.41) is 21.3. The summed E-state index contributed by atoms with van der Waals surface area (Å²) in [6, 6.07) is 0.0697. The van der Waals surface area contributed by atoms with Crippen molar-refractivity contribution in [2.75, 3.05) is 19.8 Å². The second kappa shape index (κ2) is 7.50. The van der Waals surface area contributed by atoms with E-state index in [4.69, 9.17) is 9.26 Å². The third-order valence-electron chi connectivity index (χ3n) is 5.99. The lowest BCUT2D eigenvalue weighted by molar-refractivity contribution is -0.160. The summed E-state index contributed by atoms with van der Waals surface area (Å²) >= 11 is 0. The zero-order valence-electron chi connectivity index (χ0n) is 15.5. The third-order valence-corrected chi connectivity index (χ3v) is 12.1. The van der Waals surface area contributed by atoms with Crippen LogP contribution in [-0.2, 0) is 9.26 Å². The van der Waals surface area contributed by atoms with E-state index in [1.165, 1.54) is 0 Å². The smallest absolute Gasteiger partial charge is 0.200 e. The number of aliphatic hydroxyl groups excluding tert-OH is 2. The van der Waals surface area contributed by atoms with Crippen molar-refractivity contribution in [1.29, 1.82) is 0 Å². The van der Waals surface area contributed by atoms with E-state index in [1.807, 2.05) is 5.06 Å². The van der Waals surface area contributed by atoms with Gasteiger partial charge in [-0.15, -0.1) is 0 Å². The van der Waals surface area contributed by atoms with Gasteiger partial charge in [0.1, 0.15) is 6.10 Å². The molecule has 2 N–H and O–H groups in total. The van der Waals surface area contributed by atoms with Crippen LogP contribution in [0.4, 0.5) is 0 Å². The van der Waals surface area contributed by atoms with Crippen molar-refractivity contribution in [3.8, 4) is 0 Å². The first-order valence-electron chi connectivity index (χ1n) is 9.12. The summed E-state index contributed by atoms with van der Waals surface area (Å²) in [7, 11) is -1.95. The molecule has 2 rings (SSSR count). The zero-order chi connectivity index (χ0) is 17.4. The summed E-state index contributed by atoms with van der Waals surface area (Å²) in [5.74, 6) is -0.0642. The molecule has 2 fully saturated rings. The van der Waals surface area contributed by atoms with Crippen LogP contribution in [-0.4, -0.2) is 61.6 Å². The van der Waals surface area contributed by atoms with Crippen LogP contribution in [0.5, 0.6) is 0 Å². The van der Waals surface area contributed by atoms with E-state index >= 15 is 0 Å². The molecule has 0 aromatic rings. The fourth-order valence-electron chi connectivity index (χ4n) is 5.04. The molecule has 2 saturated heterocycles. The Hall–Kier alpha value is 0.0169. The van der Waals surface area contributed by atoms with Crippen LogP contribution in [0.3, 0.4) is 0 Å². The fourth-order valence-corrected chi connectivity index (χ4v) is 10.6. The highest BCUT2D eigenvalue weighted by molar-refractivity contribution is 6.77. The van der Waals surface area contributed by atoms with E-state index in [2.05, 4.69) is 41.5 Å². The van der Waals surface area contributed by atoms with Gasteiger partial charge in [-0.05, 0) is 23.0 Å². The van der Waals surface area contributed by atoms with Gasteiger partial charge in [-0.25, -0.2) is 0 Å². The fraction of sp³-hybridized carbons (Fsp3) is 1.00. The molecule has 0 aromatic heterocycles. The maximum Gasteiger partial charge on any atom is 0.200 e.